The molecule has 3 N–H and O–H groups in total. The summed E-state index contributed by atoms with van der Waals surface area (Å²) in [6.07, 6.45) is 3.33. The predicted octanol–water partition coefficient (Wildman–Crippen LogP) is 0.0852. The lowest BCUT2D eigenvalue weighted by Crippen LogP contribution is -2.43. The van der Waals surface area contributed by atoms with Crippen LogP contribution in [0.15, 0.2) is 0 Å². The van der Waals surface area contributed by atoms with Crippen LogP contribution in [0.1, 0.15) is 25.7 Å². The first-order valence-corrected chi connectivity index (χ1v) is 6.44. The molecule has 0 aromatic heterocycles. The van der Waals surface area contributed by atoms with Crippen molar-refractivity contribution in [1.29, 1.82) is 0 Å². The number of rotatable bonds is 2. The van der Waals surface area contributed by atoms with Crippen LogP contribution in [0.3, 0.4) is 0 Å². The van der Waals surface area contributed by atoms with Gasteiger partial charge >= 0.3 is 0 Å². The molecule has 4 nitrogen and oxygen atoms in total. The van der Waals surface area contributed by atoms with Crippen molar-refractivity contribution in [2.75, 3.05) is 12.8 Å². The molecule has 1 saturated carbocycles. The molecule has 0 atom stereocenters. The number of hydrogen-bond donors (Lipinski definition) is 2. The van der Waals surface area contributed by atoms with Crippen LogP contribution in [0.25, 0.3) is 0 Å². The summed E-state index contributed by atoms with van der Waals surface area (Å²) >= 11 is 0. The highest BCUT2D eigenvalue weighted by Gasteiger charge is 2.35. The topological polar surface area (TPSA) is 80.4 Å². The monoisotopic (exact) mass is 243 g/mol. The van der Waals surface area contributed by atoms with E-state index in [2.05, 4.69) is 0 Å². The van der Waals surface area contributed by atoms with Gasteiger partial charge in [-0.2, -0.15) is 0 Å². The van der Waals surface area contributed by atoms with Gasteiger partial charge in [0.2, 0.25) is 0 Å². The molecule has 0 unspecified atom stereocenters. The Hall–Kier alpha value is 0.160. The zero-order valence-electron chi connectivity index (χ0n) is 8.27. The maximum absolute atomic E-state index is 11.2. The average molecular weight is 244 g/mol. The molecular weight excluding hydrogens is 226 g/mol. The van der Waals surface area contributed by atoms with Crippen molar-refractivity contribution in [2.24, 2.45) is 5.73 Å². The highest BCUT2D eigenvalue weighted by Crippen LogP contribution is 2.30. The Kier molecular flexibility index (Phi) is 4.84. The summed E-state index contributed by atoms with van der Waals surface area (Å²) in [4.78, 5) is 0. The summed E-state index contributed by atoms with van der Waals surface area (Å²) in [5, 5.41) is 9.47. The van der Waals surface area contributed by atoms with Crippen LogP contribution in [0.5, 0.6) is 0 Å². The second-order valence-corrected chi connectivity index (χ2v) is 6.28. The molecule has 1 aliphatic rings. The Balaban J connectivity index is 0.00000169. The second-order valence-electron chi connectivity index (χ2n) is 3.96. The van der Waals surface area contributed by atoms with Crippen molar-refractivity contribution >= 4 is 22.2 Å². The van der Waals surface area contributed by atoms with Crippen LogP contribution in [0, 0.1) is 0 Å². The number of nitrogens with two attached hydrogens (primary N) is 1. The lowest BCUT2D eigenvalue weighted by atomic mass is 9.85. The fourth-order valence-corrected chi connectivity index (χ4v) is 2.85. The van der Waals surface area contributed by atoms with Crippen molar-refractivity contribution in [3.63, 3.8) is 0 Å². The van der Waals surface area contributed by atoms with Gasteiger partial charge in [-0.15, -0.1) is 12.4 Å². The maximum atomic E-state index is 11.2. The van der Waals surface area contributed by atoms with E-state index < -0.39 is 15.4 Å². The van der Waals surface area contributed by atoms with E-state index in [1.54, 1.807) is 0 Å². The molecule has 14 heavy (non-hydrogen) atoms. The predicted molar refractivity (Wildman–Crippen MR) is 58.4 cm³/mol. The number of sulfone groups is 1. The minimum Gasteiger partial charge on any atom is -0.389 e. The summed E-state index contributed by atoms with van der Waals surface area (Å²) in [6.45, 7) is 0.226. The zero-order chi connectivity index (χ0) is 10.1. The smallest absolute Gasteiger partial charge is 0.150 e. The fourth-order valence-electron chi connectivity index (χ4n) is 1.76. The van der Waals surface area contributed by atoms with Gasteiger partial charge in [0.15, 0.2) is 0 Å². The third-order valence-electron chi connectivity index (χ3n) is 2.85. The fraction of sp³-hybridized carbons (Fsp3) is 1.00. The molecule has 86 valence electrons. The van der Waals surface area contributed by atoms with E-state index in [-0.39, 0.29) is 24.2 Å². The van der Waals surface area contributed by atoms with E-state index in [0.717, 1.165) is 0 Å². The molecule has 0 aromatic carbocycles. The minimum absolute atomic E-state index is 0. The summed E-state index contributed by atoms with van der Waals surface area (Å²) in [7, 11) is -2.94. The van der Waals surface area contributed by atoms with Crippen LogP contribution in [-0.2, 0) is 9.84 Å². The average Bonchev–Trinajstić information content (AvgIpc) is 2.04. The molecule has 0 aliphatic heterocycles. The van der Waals surface area contributed by atoms with Gasteiger partial charge in [-0.05, 0) is 25.7 Å². The van der Waals surface area contributed by atoms with Gasteiger partial charge in [0, 0.05) is 12.8 Å². The third-order valence-corrected chi connectivity index (χ3v) is 4.53. The largest absolute Gasteiger partial charge is 0.389 e. The van der Waals surface area contributed by atoms with Gasteiger partial charge in [0.25, 0.3) is 0 Å². The van der Waals surface area contributed by atoms with Gasteiger partial charge in [0.05, 0.1) is 10.9 Å². The molecule has 0 heterocycles. The Bertz CT molecular complexity index is 270. The Morgan fingerprint density at radius 1 is 1.43 bits per heavy atom. The van der Waals surface area contributed by atoms with Crippen molar-refractivity contribution in [3.8, 4) is 0 Å². The molecular formula is C8H18ClNO3S. The Morgan fingerprint density at radius 3 is 2.14 bits per heavy atom. The van der Waals surface area contributed by atoms with E-state index in [1.165, 1.54) is 6.26 Å². The van der Waals surface area contributed by atoms with Crippen molar-refractivity contribution in [3.05, 3.63) is 0 Å². The Labute approximate surface area is 91.2 Å². The molecule has 0 saturated heterocycles. The lowest BCUT2D eigenvalue weighted by Gasteiger charge is -2.34. The number of hydrogen-bond acceptors (Lipinski definition) is 4. The first kappa shape index (κ1) is 14.2. The molecule has 0 radical (unpaired) electrons. The first-order chi connectivity index (χ1) is 5.87. The summed E-state index contributed by atoms with van der Waals surface area (Å²) < 4.78 is 22.3. The zero-order valence-corrected chi connectivity index (χ0v) is 9.90. The number of aliphatic hydroxyl groups is 1. The van der Waals surface area contributed by atoms with Crippen LogP contribution < -0.4 is 5.73 Å². The quantitative estimate of drug-likeness (QED) is 0.720. The maximum Gasteiger partial charge on any atom is 0.150 e. The molecule has 0 bridgehead atoms. The lowest BCUT2D eigenvalue weighted by molar-refractivity contribution is 0.0137. The minimum atomic E-state index is -2.94. The van der Waals surface area contributed by atoms with Gasteiger partial charge in [-0.25, -0.2) is 8.42 Å². The highest BCUT2D eigenvalue weighted by molar-refractivity contribution is 7.91. The van der Waals surface area contributed by atoms with Crippen LogP contribution in [-0.4, -0.2) is 37.2 Å². The van der Waals surface area contributed by atoms with E-state index >= 15 is 0 Å². The van der Waals surface area contributed by atoms with Crippen molar-refractivity contribution < 1.29 is 13.5 Å². The van der Waals surface area contributed by atoms with Gasteiger partial charge in [-0.1, -0.05) is 0 Å². The standard InChI is InChI=1S/C8H17NO3S.ClH/c1-13(11,12)7-2-4-8(10,6-9)5-3-7;/h7,10H,2-6,9H2,1H3;1H/t7-,8+;. The second kappa shape index (κ2) is 4.79. The molecule has 6 heteroatoms. The van der Waals surface area contributed by atoms with Crippen LogP contribution in [0.4, 0.5) is 0 Å². The third kappa shape index (κ3) is 3.38. The van der Waals surface area contributed by atoms with Crippen LogP contribution >= 0.6 is 12.4 Å². The highest BCUT2D eigenvalue weighted by atomic mass is 35.5. The number of halogens is 1. The first-order valence-electron chi connectivity index (χ1n) is 4.49. The molecule has 0 aromatic rings. The molecule has 1 fully saturated rings. The molecule has 1 aliphatic carbocycles. The summed E-state index contributed by atoms with van der Waals surface area (Å²) in [5.41, 5.74) is 4.57. The van der Waals surface area contributed by atoms with Crippen LogP contribution in [0.2, 0.25) is 0 Å². The molecule has 0 amide bonds. The van der Waals surface area contributed by atoms with Gasteiger partial charge in [0.1, 0.15) is 9.84 Å². The summed E-state index contributed by atoms with van der Waals surface area (Å²) in [5.74, 6) is 0. The van der Waals surface area contributed by atoms with Gasteiger partial charge < -0.3 is 10.8 Å². The van der Waals surface area contributed by atoms with Gasteiger partial charge in [-0.3, -0.25) is 0 Å². The SMILES string of the molecule is CS(=O)(=O)[C@H]1CC[C@](O)(CN)CC1.Cl. The van der Waals surface area contributed by atoms with E-state index in [4.69, 9.17) is 5.73 Å². The van der Waals surface area contributed by atoms with E-state index in [1.807, 2.05) is 0 Å². The summed E-state index contributed by atoms with van der Waals surface area (Å²) in [6, 6.07) is 0. The normalized spacial score (nSPS) is 33.5. The van der Waals surface area contributed by atoms with E-state index in [0.29, 0.717) is 25.7 Å². The van der Waals surface area contributed by atoms with E-state index in [9.17, 15) is 13.5 Å². The molecule has 0 spiro atoms. The van der Waals surface area contributed by atoms with Crippen molar-refractivity contribution in [1.82, 2.24) is 0 Å². The molecule has 1 rings (SSSR count). The Morgan fingerprint density at radius 2 is 1.86 bits per heavy atom. The van der Waals surface area contributed by atoms with Crippen molar-refractivity contribution in [2.45, 2.75) is 36.5 Å².